The monoisotopic (exact) mass is 228 g/mol. The fourth-order valence-corrected chi connectivity index (χ4v) is 1.49. The van der Waals surface area contributed by atoms with Crippen molar-refractivity contribution in [1.82, 2.24) is 9.80 Å². The first-order valence-corrected chi connectivity index (χ1v) is 5.28. The normalized spacial score (nSPS) is 11.7. The number of carboxylic acids is 1. The second-order valence-corrected chi connectivity index (χ2v) is 3.68. The summed E-state index contributed by atoms with van der Waals surface area (Å²) < 4.78 is 0. The van der Waals surface area contributed by atoms with Crippen LogP contribution in [0.5, 0.6) is 0 Å². The first-order valence-electron chi connectivity index (χ1n) is 5.28. The summed E-state index contributed by atoms with van der Waals surface area (Å²) in [4.78, 5) is 25.5. The van der Waals surface area contributed by atoms with Crippen molar-refractivity contribution in [3.63, 3.8) is 0 Å². The van der Waals surface area contributed by atoms with E-state index in [0.717, 1.165) is 0 Å². The summed E-state index contributed by atoms with van der Waals surface area (Å²) in [7, 11) is 1.67. The molecule has 0 bridgehead atoms. The number of rotatable bonds is 6. The van der Waals surface area contributed by atoms with E-state index in [4.69, 9.17) is 5.11 Å². The minimum Gasteiger partial charge on any atom is -0.481 e. The van der Waals surface area contributed by atoms with E-state index in [0.29, 0.717) is 13.1 Å². The molecule has 2 amide bonds. The van der Waals surface area contributed by atoms with E-state index in [1.54, 1.807) is 20.0 Å². The molecule has 0 radical (unpaired) electrons. The van der Waals surface area contributed by atoms with Gasteiger partial charge in [0.1, 0.15) is 0 Å². The van der Waals surface area contributed by atoms with E-state index in [9.17, 15) is 9.59 Å². The molecule has 0 aliphatic heterocycles. The molecule has 0 aliphatic rings. The third-order valence-electron chi connectivity index (χ3n) is 2.32. The first kappa shape index (κ1) is 14.5. The molecule has 92 valence electrons. The number of carboxylic acid groups (broad SMARTS) is 1. The highest BCUT2D eigenvalue weighted by Crippen LogP contribution is 2.07. The lowest BCUT2D eigenvalue weighted by atomic mass is 10.2. The highest BCUT2D eigenvalue weighted by Gasteiger charge is 2.22. The smallest absolute Gasteiger partial charge is 0.320 e. The van der Waals surface area contributed by atoms with Crippen molar-refractivity contribution < 1.29 is 14.7 Å². The molecule has 0 heterocycles. The molecule has 1 atom stereocenters. The van der Waals surface area contributed by atoms with E-state index >= 15 is 0 Å². The van der Waals surface area contributed by atoms with Crippen molar-refractivity contribution >= 4 is 12.0 Å². The molecule has 1 unspecified atom stereocenters. The molecular formula is C11H20N2O3. The number of amides is 2. The number of aliphatic carboxylic acids is 1. The van der Waals surface area contributed by atoms with Gasteiger partial charge in [-0.05, 0) is 13.8 Å². The Kier molecular flexibility index (Phi) is 6.22. The van der Waals surface area contributed by atoms with Gasteiger partial charge >= 0.3 is 12.0 Å². The van der Waals surface area contributed by atoms with Gasteiger partial charge in [-0.3, -0.25) is 4.79 Å². The minimum atomic E-state index is -0.898. The third-order valence-corrected chi connectivity index (χ3v) is 2.32. The van der Waals surface area contributed by atoms with Crippen molar-refractivity contribution in [2.45, 2.75) is 26.3 Å². The largest absolute Gasteiger partial charge is 0.481 e. The number of urea groups is 1. The van der Waals surface area contributed by atoms with Crippen molar-refractivity contribution in [3.8, 4) is 0 Å². The number of carbonyl (C=O) groups excluding carboxylic acids is 1. The van der Waals surface area contributed by atoms with Gasteiger partial charge in [0, 0.05) is 26.2 Å². The molecule has 0 saturated carbocycles. The zero-order valence-corrected chi connectivity index (χ0v) is 10.1. The quantitative estimate of drug-likeness (QED) is 0.699. The van der Waals surface area contributed by atoms with Gasteiger partial charge < -0.3 is 14.9 Å². The maximum Gasteiger partial charge on any atom is 0.320 e. The van der Waals surface area contributed by atoms with Gasteiger partial charge in [0.2, 0.25) is 0 Å². The zero-order valence-electron chi connectivity index (χ0n) is 10.1. The second kappa shape index (κ2) is 6.87. The Bertz CT molecular complexity index is 266. The van der Waals surface area contributed by atoms with Crippen LogP contribution in [0.2, 0.25) is 0 Å². The standard InChI is InChI=1S/C11H20N2O3/c1-5-7-12(4)11(16)13(6-2)9(3)8-10(14)15/h5,9H,1,6-8H2,2-4H3,(H,14,15). The fraction of sp³-hybridized carbons (Fsp3) is 0.636. The lowest BCUT2D eigenvalue weighted by Gasteiger charge is -2.31. The van der Waals surface area contributed by atoms with Gasteiger partial charge in [-0.2, -0.15) is 0 Å². The lowest BCUT2D eigenvalue weighted by Crippen LogP contribution is -2.46. The molecule has 5 nitrogen and oxygen atoms in total. The minimum absolute atomic E-state index is 0.0402. The van der Waals surface area contributed by atoms with Gasteiger partial charge in [0.15, 0.2) is 0 Å². The molecule has 0 spiro atoms. The van der Waals surface area contributed by atoms with Gasteiger partial charge in [-0.15, -0.1) is 6.58 Å². The number of hydrogen-bond donors (Lipinski definition) is 1. The molecule has 0 fully saturated rings. The Morgan fingerprint density at radius 1 is 1.50 bits per heavy atom. The van der Waals surface area contributed by atoms with Crippen LogP contribution < -0.4 is 0 Å². The lowest BCUT2D eigenvalue weighted by molar-refractivity contribution is -0.138. The maximum absolute atomic E-state index is 11.9. The first-order chi connectivity index (χ1) is 7.43. The highest BCUT2D eigenvalue weighted by molar-refractivity contribution is 5.76. The predicted octanol–water partition coefficient (Wildman–Crippen LogP) is 1.41. The van der Waals surface area contributed by atoms with Crippen LogP contribution >= 0.6 is 0 Å². The molecular weight excluding hydrogens is 208 g/mol. The second-order valence-electron chi connectivity index (χ2n) is 3.68. The van der Waals surface area contributed by atoms with Crippen LogP contribution in [0.15, 0.2) is 12.7 Å². The Hall–Kier alpha value is -1.52. The summed E-state index contributed by atoms with van der Waals surface area (Å²) in [5, 5.41) is 8.68. The number of likely N-dealkylation sites (N-methyl/N-ethyl adjacent to an activating group) is 1. The summed E-state index contributed by atoms with van der Waals surface area (Å²) in [6.45, 7) is 8.07. The SMILES string of the molecule is C=CCN(C)C(=O)N(CC)C(C)CC(=O)O. The molecule has 0 aromatic rings. The Morgan fingerprint density at radius 2 is 2.06 bits per heavy atom. The predicted molar refractivity (Wildman–Crippen MR) is 62.3 cm³/mol. The van der Waals surface area contributed by atoms with Crippen molar-refractivity contribution in [1.29, 1.82) is 0 Å². The Labute approximate surface area is 96.3 Å². The number of carbonyl (C=O) groups is 2. The Balaban J connectivity index is 4.52. The highest BCUT2D eigenvalue weighted by atomic mass is 16.4. The van der Waals surface area contributed by atoms with Gasteiger partial charge in [0.05, 0.1) is 6.42 Å². The number of nitrogens with zero attached hydrogens (tertiary/aromatic N) is 2. The molecule has 5 heteroatoms. The van der Waals surface area contributed by atoms with Crippen LogP contribution in [0.3, 0.4) is 0 Å². The van der Waals surface area contributed by atoms with Crippen LogP contribution in [-0.2, 0) is 4.79 Å². The van der Waals surface area contributed by atoms with Crippen LogP contribution in [-0.4, -0.2) is 53.1 Å². The molecule has 0 saturated heterocycles. The summed E-state index contributed by atoms with van der Waals surface area (Å²) in [5.41, 5.74) is 0. The number of hydrogen-bond acceptors (Lipinski definition) is 2. The van der Waals surface area contributed by atoms with E-state index < -0.39 is 5.97 Å². The average Bonchev–Trinajstić information content (AvgIpc) is 2.17. The van der Waals surface area contributed by atoms with E-state index in [1.165, 1.54) is 9.80 Å². The Morgan fingerprint density at radius 3 is 2.44 bits per heavy atom. The zero-order chi connectivity index (χ0) is 12.7. The van der Waals surface area contributed by atoms with Gasteiger partial charge in [-0.1, -0.05) is 6.08 Å². The van der Waals surface area contributed by atoms with Crippen LogP contribution in [0, 0.1) is 0 Å². The van der Waals surface area contributed by atoms with Crippen molar-refractivity contribution in [3.05, 3.63) is 12.7 Å². The average molecular weight is 228 g/mol. The van der Waals surface area contributed by atoms with Crippen LogP contribution in [0.25, 0.3) is 0 Å². The van der Waals surface area contributed by atoms with Crippen LogP contribution in [0.1, 0.15) is 20.3 Å². The van der Waals surface area contributed by atoms with E-state index in [1.807, 2.05) is 6.92 Å². The summed E-state index contributed by atoms with van der Waals surface area (Å²) in [6.07, 6.45) is 1.59. The third kappa shape index (κ3) is 4.33. The fourth-order valence-electron chi connectivity index (χ4n) is 1.49. The molecule has 16 heavy (non-hydrogen) atoms. The molecule has 0 aromatic carbocycles. The molecule has 0 aromatic heterocycles. The molecule has 0 aliphatic carbocycles. The summed E-state index contributed by atoms with van der Waals surface area (Å²) >= 11 is 0. The maximum atomic E-state index is 11.9. The van der Waals surface area contributed by atoms with Crippen molar-refractivity contribution in [2.24, 2.45) is 0 Å². The summed E-state index contributed by atoms with van der Waals surface area (Å²) in [5.74, 6) is -0.898. The topological polar surface area (TPSA) is 60.9 Å². The van der Waals surface area contributed by atoms with E-state index in [2.05, 4.69) is 6.58 Å². The van der Waals surface area contributed by atoms with Gasteiger partial charge in [-0.25, -0.2) is 4.79 Å². The molecule has 1 N–H and O–H groups in total. The molecule has 0 rings (SSSR count). The van der Waals surface area contributed by atoms with Crippen LogP contribution in [0.4, 0.5) is 4.79 Å². The van der Waals surface area contributed by atoms with Gasteiger partial charge in [0.25, 0.3) is 0 Å². The van der Waals surface area contributed by atoms with Crippen molar-refractivity contribution in [2.75, 3.05) is 20.1 Å². The summed E-state index contributed by atoms with van der Waals surface area (Å²) in [6, 6.07) is -0.474. The van der Waals surface area contributed by atoms with E-state index in [-0.39, 0.29) is 18.5 Å².